The molecule has 1 atom stereocenters. The Morgan fingerprint density at radius 3 is 2.31 bits per heavy atom. The van der Waals surface area contributed by atoms with Crippen LogP contribution in [0.1, 0.15) is 62.0 Å². The van der Waals surface area contributed by atoms with Gasteiger partial charge in [-0.05, 0) is 81.3 Å². The maximum atomic E-state index is 5.07. The lowest BCUT2D eigenvalue weighted by molar-refractivity contribution is -0.0618. The standard InChI is InChI=1S/C23H29N3/c1-14-6-4-5-7-20(14)26-15(2)21-22(24-13-25(21)3)23(26)18-9-16-8-17(11-18)12-19(23)10-16/h4-7,13,15-19H,8-12H2,1-3H3. The number of hydrogen-bond acceptors (Lipinski definition) is 2. The van der Waals surface area contributed by atoms with Crippen molar-refractivity contribution >= 4 is 5.69 Å². The van der Waals surface area contributed by atoms with Crippen LogP contribution < -0.4 is 4.90 Å². The Morgan fingerprint density at radius 2 is 1.65 bits per heavy atom. The second-order valence-electron chi connectivity index (χ2n) is 9.55. The SMILES string of the molecule is Cc1ccccc1N1C(C)c2c(ncn2C)C12C1CC3CC(C1)CC2C3. The summed E-state index contributed by atoms with van der Waals surface area (Å²) in [5.74, 6) is 3.50. The Balaban J connectivity index is 1.62. The van der Waals surface area contributed by atoms with E-state index < -0.39 is 0 Å². The number of aryl methyl sites for hydroxylation is 2. The monoisotopic (exact) mass is 347 g/mol. The number of nitrogens with zero attached hydrogens (tertiary/aromatic N) is 3. The smallest absolute Gasteiger partial charge is 0.0950 e. The molecule has 0 radical (unpaired) electrons. The van der Waals surface area contributed by atoms with Crippen molar-refractivity contribution in [3.05, 3.63) is 47.5 Å². The fraction of sp³-hybridized carbons (Fsp3) is 0.609. The summed E-state index contributed by atoms with van der Waals surface area (Å²) in [4.78, 5) is 7.90. The number of aromatic nitrogens is 2. The second-order valence-corrected chi connectivity index (χ2v) is 9.55. The molecule has 136 valence electrons. The van der Waals surface area contributed by atoms with Gasteiger partial charge in [0.1, 0.15) is 0 Å². The third-order valence-corrected chi connectivity index (χ3v) is 8.30. The Hall–Kier alpha value is -1.77. The zero-order chi connectivity index (χ0) is 17.6. The fourth-order valence-corrected chi connectivity index (χ4v) is 7.72. The van der Waals surface area contributed by atoms with E-state index in [1.807, 2.05) is 0 Å². The lowest BCUT2D eigenvalue weighted by Crippen LogP contribution is -2.62. The van der Waals surface area contributed by atoms with Crippen LogP contribution in [0.2, 0.25) is 0 Å². The molecular weight excluding hydrogens is 318 g/mol. The van der Waals surface area contributed by atoms with Gasteiger partial charge in [0.15, 0.2) is 0 Å². The van der Waals surface area contributed by atoms with Crippen LogP contribution in [0.15, 0.2) is 30.6 Å². The summed E-state index contributed by atoms with van der Waals surface area (Å²) < 4.78 is 2.30. The molecule has 1 spiro atoms. The first-order valence-electron chi connectivity index (χ1n) is 10.5. The average Bonchev–Trinajstić information content (AvgIpc) is 3.11. The van der Waals surface area contributed by atoms with Crippen molar-refractivity contribution < 1.29 is 0 Å². The van der Waals surface area contributed by atoms with Crippen LogP contribution in [0.3, 0.4) is 0 Å². The van der Waals surface area contributed by atoms with Gasteiger partial charge >= 0.3 is 0 Å². The topological polar surface area (TPSA) is 21.1 Å². The minimum atomic E-state index is 0.134. The Kier molecular flexibility index (Phi) is 2.90. The Labute approximate surface area is 156 Å². The van der Waals surface area contributed by atoms with Gasteiger partial charge in [0.2, 0.25) is 0 Å². The number of anilines is 1. The van der Waals surface area contributed by atoms with Gasteiger partial charge in [-0.2, -0.15) is 0 Å². The van der Waals surface area contributed by atoms with Gasteiger partial charge < -0.3 is 9.47 Å². The lowest BCUT2D eigenvalue weighted by atomic mass is 9.47. The van der Waals surface area contributed by atoms with E-state index in [4.69, 9.17) is 4.98 Å². The first kappa shape index (κ1) is 15.3. The molecule has 0 saturated heterocycles. The van der Waals surface area contributed by atoms with Gasteiger partial charge in [-0.1, -0.05) is 18.2 Å². The minimum Gasteiger partial charge on any atom is -0.351 e. The highest BCUT2D eigenvalue weighted by Crippen LogP contribution is 2.68. The van der Waals surface area contributed by atoms with Gasteiger partial charge in [0.25, 0.3) is 0 Å². The molecule has 1 unspecified atom stereocenters. The quantitative estimate of drug-likeness (QED) is 0.727. The van der Waals surface area contributed by atoms with Crippen LogP contribution in [0, 0.1) is 30.6 Å². The van der Waals surface area contributed by atoms with Gasteiger partial charge in [-0.3, -0.25) is 0 Å². The van der Waals surface area contributed by atoms with Gasteiger partial charge in [-0.25, -0.2) is 4.98 Å². The Bertz CT molecular complexity index is 851. The maximum Gasteiger partial charge on any atom is 0.0950 e. The van der Waals surface area contributed by atoms with Crippen molar-refractivity contribution in [2.24, 2.45) is 30.7 Å². The number of rotatable bonds is 1. The van der Waals surface area contributed by atoms with Crippen LogP contribution in [-0.2, 0) is 12.6 Å². The molecule has 26 heavy (non-hydrogen) atoms. The highest BCUT2D eigenvalue weighted by Gasteiger charge is 2.66. The molecule has 2 aromatic rings. The van der Waals surface area contributed by atoms with Crippen LogP contribution in [0.25, 0.3) is 0 Å². The highest BCUT2D eigenvalue weighted by molar-refractivity contribution is 5.63. The number of para-hydroxylation sites is 1. The van der Waals surface area contributed by atoms with Crippen LogP contribution in [0.5, 0.6) is 0 Å². The molecule has 4 fully saturated rings. The van der Waals surface area contributed by atoms with E-state index in [1.54, 1.807) is 0 Å². The molecule has 2 heterocycles. The summed E-state index contributed by atoms with van der Waals surface area (Å²) in [5, 5.41) is 0. The van der Waals surface area contributed by atoms with E-state index >= 15 is 0 Å². The lowest BCUT2D eigenvalue weighted by Gasteiger charge is -2.63. The summed E-state index contributed by atoms with van der Waals surface area (Å²) in [6.07, 6.45) is 9.23. The van der Waals surface area contributed by atoms with Crippen molar-refractivity contribution in [2.75, 3.05) is 4.90 Å². The van der Waals surface area contributed by atoms with E-state index in [2.05, 4.69) is 61.0 Å². The summed E-state index contributed by atoms with van der Waals surface area (Å²) in [5.41, 5.74) is 5.85. The summed E-state index contributed by atoms with van der Waals surface area (Å²) >= 11 is 0. The summed E-state index contributed by atoms with van der Waals surface area (Å²) in [6.45, 7) is 4.69. The van der Waals surface area contributed by atoms with E-state index in [-0.39, 0.29) is 5.54 Å². The molecule has 4 aliphatic carbocycles. The highest BCUT2D eigenvalue weighted by atomic mass is 15.3. The van der Waals surface area contributed by atoms with E-state index in [0.29, 0.717) is 6.04 Å². The molecule has 3 heteroatoms. The predicted molar refractivity (Wildman–Crippen MR) is 104 cm³/mol. The van der Waals surface area contributed by atoms with Crippen molar-refractivity contribution in [3.63, 3.8) is 0 Å². The minimum absolute atomic E-state index is 0.134. The van der Waals surface area contributed by atoms with E-state index in [9.17, 15) is 0 Å². The Morgan fingerprint density at radius 1 is 1.00 bits per heavy atom. The summed E-state index contributed by atoms with van der Waals surface area (Å²) in [7, 11) is 2.19. The molecular formula is C23H29N3. The third kappa shape index (κ3) is 1.64. The van der Waals surface area contributed by atoms with Gasteiger partial charge in [-0.15, -0.1) is 0 Å². The van der Waals surface area contributed by atoms with Crippen molar-refractivity contribution in [3.8, 4) is 0 Å². The normalized spacial score (nSPS) is 39.8. The molecule has 4 saturated carbocycles. The number of imidazole rings is 1. The molecule has 0 amide bonds. The van der Waals surface area contributed by atoms with Crippen LogP contribution >= 0.6 is 0 Å². The largest absolute Gasteiger partial charge is 0.351 e. The third-order valence-electron chi connectivity index (χ3n) is 8.30. The fourth-order valence-electron chi connectivity index (χ4n) is 7.72. The first-order chi connectivity index (χ1) is 12.6. The number of fused-ring (bicyclic) bond motifs is 1. The molecule has 4 bridgehead atoms. The maximum absolute atomic E-state index is 5.07. The zero-order valence-electron chi connectivity index (χ0n) is 16.2. The van der Waals surface area contributed by atoms with E-state index in [0.717, 1.165) is 23.7 Å². The second kappa shape index (κ2) is 4.94. The van der Waals surface area contributed by atoms with E-state index in [1.165, 1.54) is 54.7 Å². The molecule has 1 aromatic heterocycles. The van der Waals surface area contributed by atoms with Crippen LogP contribution in [-0.4, -0.2) is 9.55 Å². The predicted octanol–water partition coefficient (Wildman–Crippen LogP) is 4.96. The number of hydrogen-bond donors (Lipinski definition) is 0. The average molecular weight is 348 g/mol. The molecule has 1 aliphatic heterocycles. The molecule has 1 aromatic carbocycles. The number of benzene rings is 1. The van der Waals surface area contributed by atoms with Crippen LogP contribution in [0.4, 0.5) is 5.69 Å². The first-order valence-corrected chi connectivity index (χ1v) is 10.5. The molecule has 7 rings (SSSR count). The molecule has 5 aliphatic rings. The van der Waals surface area contributed by atoms with Crippen molar-refractivity contribution in [1.29, 1.82) is 0 Å². The molecule has 0 N–H and O–H groups in total. The van der Waals surface area contributed by atoms with Crippen molar-refractivity contribution in [1.82, 2.24) is 9.55 Å². The van der Waals surface area contributed by atoms with Gasteiger partial charge in [0.05, 0.1) is 29.3 Å². The summed E-state index contributed by atoms with van der Waals surface area (Å²) in [6, 6.07) is 9.42. The zero-order valence-corrected chi connectivity index (χ0v) is 16.2. The molecule has 3 nitrogen and oxygen atoms in total. The van der Waals surface area contributed by atoms with Gasteiger partial charge in [0, 0.05) is 12.7 Å². The van der Waals surface area contributed by atoms with Crippen molar-refractivity contribution in [2.45, 2.75) is 57.5 Å².